The molecule has 0 saturated carbocycles. The Kier molecular flexibility index (Phi) is 6.76. The Bertz CT molecular complexity index is 504. The maximum Gasteiger partial charge on any atom is 0.241 e. The van der Waals surface area contributed by atoms with Crippen molar-refractivity contribution in [2.45, 2.75) is 30.2 Å². The predicted molar refractivity (Wildman–Crippen MR) is 82.2 cm³/mol. The molecular weight excluding hydrogens is 352 g/mol. The maximum atomic E-state index is 12.1. The van der Waals surface area contributed by atoms with Crippen LogP contribution in [0.2, 0.25) is 0 Å². The second-order valence-corrected chi connectivity index (χ2v) is 7.00. The lowest BCUT2D eigenvalue weighted by atomic mass is 10.2. The fourth-order valence-corrected chi connectivity index (χ4v) is 4.16. The summed E-state index contributed by atoms with van der Waals surface area (Å²) in [6.45, 7) is 1.52. The number of halogens is 2. The van der Waals surface area contributed by atoms with Crippen LogP contribution in [0.3, 0.4) is 0 Å². The molecule has 0 amide bonds. The summed E-state index contributed by atoms with van der Waals surface area (Å²) >= 11 is 3.26. The number of hydrogen-bond donors (Lipinski definition) is 2. The van der Waals surface area contributed by atoms with E-state index in [1.807, 2.05) is 0 Å². The Hall–Kier alpha value is -0.140. The summed E-state index contributed by atoms with van der Waals surface area (Å²) in [7, 11) is -3.41. The number of sulfonamides is 1. The quantitative estimate of drug-likeness (QED) is 0.837. The van der Waals surface area contributed by atoms with Gasteiger partial charge in [0, 0.05) is 17.1 Å². The van der Waals surface area contributed by atoms with Crippen LogP contribution < -0.4 is 10.0 Å². The summed E-state index contributed by atoms with van der Waals surface area (Å²) < 4.78 is 27.4. The van der Waals surface area contributed by atoms with Crippen molar-refractivity contribution in [2.24, 2.45) is 0 Å². The van der Waals surface area contributed by atoms with E-state index in [0.29, 0.717) is 22.0 Å². The molecule has 0 radical (unpaired) electrons. The van der Waals surface area contributed by atoms with Crippen molar-refractivity contribution in [3.8, 4) is 0 Å². The molecule has 7 heteroatoms. The minimum absolute atomic E-state index is 0. The number of rotatable bonds is 5. The summed E-state index contributed by atoms with van der Waals surface area (Å²) in [5.74, 6) is 0. The Morgan fingerprint density at radius 3 is 2.74 bits per heavy atom. The summed E-state index contributed by atoms with van der Waals surface area (Å²) in [5.41, 5.74) is 0. The van der Waals surface area contributed by atoms with E-state index in [1.54, 1.807) is 24.3 Å². The first kappa shape index (κ1) is 16.9. The molecule has 1 atom stereocenters. The van der Waals surface area contributed by atoms with Crippen molar-refractivity contribution in [3.63, 3.8) is 0 Å². The van der Waals surface area contributed by atoms with E-state index >= 15 is 0 Å². The largest absolute Gasteiger partial charge is 0.314 e. The van der Waals surface area contributed by atoms with Crippen LogP contribution in [0.5, 0.6) is 0 Å². The van der Waals surface area contributed by atoms with Gasteiger partial charge in [-0.15, -0.1) is 12.4 Å². The average Bonchev–Trinajstić information content (AvgIpc) is 2.82. The predicted octanol–water partition coefficient (Wildman–Crippen LogP) is 2.29. The fourth-order valence-electron chi connectivity index (χ4n) is 2.11. The van der Waals surface area contributed by atoms with Crippen molar-refractivity contribution in [1.29, 1.82) is 0 Å². The van der Waals surface area contributed by atoms with E-state index in [1.165, 1.54) is 6.42 Å². The highest BCUT2D eigenvalue weighted by Crippen LogP contribution is 2.20. The molecule has 0 unspecified atom stereocenters. The lowest BCUT2D eigenvalue weighted by Gasteiger charge is -2.11. The van der Waals surface area contributed by atoms with Gasteiger partial charge in [0.25, 0.3) is 0 Å². The molecular formula is C12H18BrClN2O2S. The topological polar surface area (TPSA) is 58.2 Å². The zero-order valence-electron chi connectivity index (χ0n) is 10.4. The van der Waals surface area contributed by atoms with Crippen molar-refractivity contribution in [3.05, 3.63) is 28.7 Å². The summed E-state index contributed by atoms with van der Waals surface area (Å²) in [4.78, 5) is 0.296. The number of benzene rings is 1. The molecule has 108 valence electrons. The zero-order chi connectivity index (χ0) is 13.0. The van der Waals surface area contributed by atoms with Crippen molar-refractivity contribution >= 4 is 38.4 Å². The van der Waals surface area contributed by atoms with Gasteiger partial charge in [-0.3, -0.25) is 0 Å². The molecule has 2 rings (SSSR count). The monoisotopic (exact) mass is 368 g/mol. The van der Waals surface area contributed by atoms with Crippen molar-refractivity contribution in [2.75, 3.05) is 13.1 Å². The summed E-state index contributed by atoms with van der Waals surface area (Å²) in [5, 5.41) is 3.35. The highest BCUT2D eigenvalue weighted by atomic mass is 79.9. The number of hydrogen-bond acceptors (Lipinski definition) is 3. The van der Waals surface area contributed by atoms with Crippen molar-refractivity contribution < 1.29 is 8.42 Å². The van der Waals surface area contributed by atoms with Gasteiger partial charge in [0.1, 0.15) is 0 Å². The van der Waals surface area contributed by atoms with Gasteiger partial charge in [-0.05, 0) is 53.9 Å². The lowest BCUT2D eigenvalue weighted by Crippen LogP contribution is -2.30. The van der Waals surface area contributed by atoms with Crippen LogP contribution >= 0.6 is 28.3 Å². The first-order chi connectivity index (χ1) is 8.59. The van der Waals surface area contributed by atoms with Crippen LogP contribution in [-0.2, 0) is 10.0 Å². The average molecular weight is 370 g/mol. The molecule has 1 heterocycles. The SMILES string of the molecule is Cl.O=S(=O)(NCC[C@H]1CCCN1)c1ccccc1Br. The van der Waals surface area contributed by atoms with Crippen LogP contribution in [0.4, 0.5) is 0 Å². The van der Waals surface area contributed by atoms with E-state index in [2.05, 4.69) is 26.0 Å². The third-order valence-corrected chi connectivity index (χ3v) is 5.55. The second-order valence-electron chi connectivity index (χ2n) is 4.41. The lowest BCUT2D eigenvalue weighted by molar-refractivity contribution is 0.539. The molecule has 1 aliphatic heterocycles. The molecule has 1 aromatic carbocycles. The molecule has 1 aliphatic rings. The Balaban J connectivity index is 0.00000180. The minimum Gasteiger partial charge on any atom is -0.314 e. The third-order valence-electron chi connectivity index (χ3n) is 3.07. The molecule has 0 bridgehead atoms. The molecule has 0 aliphatic carbocycles. The smallest absolute Gasteiger partial charge is 0.241 e. The van der Waals surface area contributed by atoms with E-state index in [0.717, 1.165) is 19.4 Å². The van der Waals surface area contributed by atoms with Gasteiger partial charge in [0.2, 0.25) is 10.0 Å². The molecule has 19 heavy (non-hydrogen) atoms. The zero-order valence-corrected chi connectivity index (χ0v) is 13.7. The van der Waals surface area contributed by atoms with E-state index < -0.39 is 10.0 Å². The normalized spacial score (nSPS) is 19.1. The van der Waals surface area contributed by atoms with Gasteiger partial charge in [0.15, 0.2) is 0 Å². The molecule has 4 nitrogen and oxygen atoms in total. The van der Waals surface area contributed by atoms with E-state index in [9.17, 15) is 8.42 Å². The van der Waals surface area contributed by atoms with Gasteiger partial charge in [-0.1, -0.05) is 12.1 Å². The van der Waals surface area contributed by atoms with E-state index in [4.69, 9.17) is 0 Å². The number of nitrogens with one attached hydrogen (secondary N) is 2. The third kappa shape index (κ3) is 4.72. The highest BCUT2D eigenvalue weighted by Gasteiger charge is 2.18. The second kappa shape index (κ2) is 7.59. The Morgan fingerprint density at radius 2 is 2.11 bits per heavy atom. The van der Waals surface area contributed by atoms with Crippen LogP contribution in [0.1, 0.15) is 19.3 Å². The summed E-state index contributed by atoms with van der Waals surface area (Å²) in [6, 6.07) is 7.29. The van der Waals surface area contributed by atoms with Gasteiger partial charge in [0.05, 0.1) is 4.90 Å². The minimum atomic E-state index is -3.41. The van der Waals surface area contributed by atoms with Crippen LogP contribution in [-0.4, -0.2) is 27.5 Å². The van der Waals surface area contributed by atoms with Gasteiger partial charge >= 0.3 is 0 Å². The Labute approximate surface area is 128 Å². The van der Waals surface area contributed by atoms with E-state index in [-0.39, 0.29) is 12.4 Å². The molecule has 2 N–H and O–H groups in total. The standard InChI is InChI=1S/C12H17BrN2O2S.ClH/c13-11-5-1-2-6-12(11)18(16,17)15-9-7-10-4-3-8-14-10;/h1-2,5-6,10,14-15H,3-4,7-9H2;1H/t10-;/m1./s1. The van der Waals surface area contributed by atoms with Gasteiger partial charge in [-0.2, -0.15) is 0 Å². The molecule has 1 fully saturated rings. The fraction of sp³-hybridized carbons (Fsp3) is 0.500. The maximum absolute atomic E-state index is 12.1. The van der Waals surface area contributed by atoms with Crippen LogP contribution in [0, 0.1) is 0 Å². The molecule has 0 spiro atoms. The molecule has 1 aromatic rings. The molecule has 1 saturated heterocycles. The first-order valence-corrected chi connectivity index (χ1v) is 8.35. The first-order valence-electron chi connectivity index (χ1n) is 6.07. The Morgan fingerprint density at radius 1 is 1.37 bits per heavy atom. The van der Waals surface area contributed by atoms with Gasteiger partial charge < -0.3 is 5.32 Å². The highest BCUT2D eigenvalue weighted by molar-refractivity contribution is 9.10. The molecule has 0 aromatic heterocycles. The van der Waals surface area contributed by atoms with Crippen molar-refractivity contribution in [1.82, 2.24) is 10.0 Å². The van der Waals surface area contributed by atoms with Gasteiger partial charge in [-0.25, -0.2) is 13.1 Å². The van der Waals surface area contributed by atoms with Crippen LogP contribution in [0.15, 0.2) is 33.6 Å². The van der Waals surface area contributed by atoms with Crippen LogP contribution in [0.25, 0.3) is 0 Å². The summed E-state index contributed by atoms with van der Waals surface area (Å²) in [6.07, 6.45) is 3.15.